The van der Waals surface area contributed by atoms with Crippen LogP contribution < -0.4 is 10.6 Å². The van der Waals surface area contributed by atoms with Crippen molar-refractivity contribution < 1.29 is 19.5 Å². The van der Waals surface area contributed by atoms with E-state index in [2.05, 4.69) is 10.6 Å². The number of thiophene rings is 1. The van der Waals surface area contributed by atoms with Gasteiger partial charge in [0, 0.05) is 19.0 Å². The summed E-state index contributed by atoms with van der Waals surface area (Å²) < 4.78 is 0. The van der Waals surface area contributed by atoms with Crippen molar-refractivity contribution in [3.05, 3.63) is 21.9 Å². The van der Waals surface area contributed by atoms with Crippen LogP contribution in [0.5, 0.6) is 0 Å². The van der Waals surface area contributed by atoms with Crippen molar-refractivity contribution >= 4 is 29.1 Å². The topological polar surface area (TPSA) is 95.5 Å². The second-order valence-corrected chi connectivity index (χ2v) is 6.19. The number of nitrogens with one attached hydrogen (secondary N) is 2. The number of carboxylic acids is 1. The molecule has 7 heteroatoms. The fourth-order valence-corrected chi connectivity index (χ4v) is 3.28. The van der Waals surface area contributed by atoms with Gasteiger partial charge in [-0.25, -0.2) is 4.79 Å². The summed E-state index contributed by atoms with van der Waals surface area (Å²) in [6.45, 7) is 0. The van der Waals surface area contributed by atoms with E-state index in [0.29, 0.717) is 4.88 Å². The molecule has 3 N–H and O–H groups in total. The third kappa shape index (κ3) is 3.81. The highest BCUT2D eigenvalue weighted by Gasteiger charge is 2.27. The molecule has 0 saturated heterocycles. The molecule has 0 bridgehead atoms. The molecular formula is C14H18N2O4S. The second kappa shape index (κ2) is 6.71. The Morgan fingerprint density at radius 2 is 1.76 bits per heavy atom. The van der Waals surface area contributed by atoms with E-state index < -0.39 is 5.97 Å². The maximum absolute atomic E-state index is 12.0. The van der Waals surface area contributed by atoms with Crippen LogP contribution in [0.3, 0.4) is 0 Å². The molecule has 0 unspecified atom stereocenters. The van der Waals surface area contributed by atoms with Gasteiger partial charge in [0.25, 0.3) is 5.91 Å². The Labute approximate surface area is 126 Å². The van der Waals surface area contributed by atoms with E-state index in [9.17, 15) is 14.4 Å². The van der Waals surface area contributed by atoms with Crippen LogP contribution in [0.2, 0.25) is 0 Å². The molecule has 114 valence electrons. The van der Waals surface area contributed by atoms with Crippen LogP contribution in [0.4, 0.5) is 0 Å². The molecule has 1 aliphatic carbocycles. The number of amides is 2. The molecule has 0 atom stereocenters. The standard InChI is InChI=1S/C14H18N2O4S/c1-15-12(17)8-2-4-9(5-3-8)16-13(18)10-6-7-11(21-10)14(19)20/h6-9H,2-5H2,1H3,(H,15,17)(H,16,18)(H,19,20). The summed E-state index contributed by atoms with van der Waals surface area (Å²) in [7, 11) is 1.63. The van der Waals surface area contributed by atoms with E-state index in [0.717, 1.165) is 37.0 Å². The van der Waals surface area contributed by atoms with E-state index in [1.807, 2.05) is 0 Å². The second-order valence-electron chi connectivity index (χ2n) is 5.11. The molecule has 1 aromatic heterocycles. The molecular weight excluding hydrogens is 292 g/mol. The number of carbonyl (C=O) groups excluding carboxylic acids is 2. The van der Waals surface area contributed by atoms with Gasteiger partial charge in [-0.3, -0.25) is 9.59 Å². The normalized spacial score (nSPS) is 21.6. The highest BCUT2D eigenvalue weighted by Crippen LogP contribution is 2.25. The van der Waals surface area contributed by atoms with Crippen molar-refractivity contribution in [2.24, 2.45) is 5.92 Å². The molecule has 2 amide bonds. The van der Waals surface area contributed by atoms with E-state index in [4.69, 9.17) is 5.11 Å². The van der Waals surface area contributed by atoms with Crippen LogP contribution in [-0.4, -0.2) is 36.0 Å². The zero-order valence-electron chi connectivity index (χ0n) is 11.7. The van der Waals surface area contributed by atoms with Crippen LogP contribution in [0.25, 0.3) is 0 Å². The van der Waals surface area contributed by atoms with Gasteiger partial charge < -0.3 is 15.7 Å². The van der Waals surface area contributed by atoms with Crippen molar-refractivity contribution in [3.63, 3.8) is 0 Å². The van der Waals surface area contributed by atoms with Gasteiger partial charge >= 0.3 is 5.97 Å². The lowest BCUT2D eigenvalue weighted by Crippen LogP contribution is -2.40. The summed E-state index contributed by atoms with van der Waals surface area (Å²) in [6.07, 6.45) is 3.05. The largest absolute Gasteiger partial charge is 0.477 e. The lowest BCUT2D eigenvalue weighted by molar-refractivity contribution is -0.125. The van der Waals surface area contributed by atoms with Gasteiger partial charge in [0.1, 0.15) is 4.88 Å². The first-order valence-corrected chi connectivity index (χ1v) is 7.68. The zero-order valence-corrected chi connectivity index (χ0v) is 12.5. The van der Waals surface area contributed by atoms with Gasteiger partial charge in [-0.15, -0.1) is 11.3 Å². The Morgan fingerprint density at radius 3 is 2.29 bits per heavy atom. The van der Waals surface area contributed by atoms with Crippen molar-refractivity contribution in [1.82, 2.24) is 10.6 Å². The van der Waals surface area contributed by atoms with Gasteiger partial charge in [0.15, 0.2) is 0 Å². The van der Waals surface area contributed by atoms with Crippen LogP contribution in [0, 0.1) is 5.92 Å². The summed E-state index contributed by atoms with van der Waals surface area (Å²) in [6, 6.07) is 3.01. The van der Waals surface area contributed by atoms with Crippen LogP contribution >= 0.6 is 11.3 Å². The number of rotatable bonds is 4. The van der Waals surface area contributed by atoms with Crippen molar-refractivity contribution in [3.8, 4) is 0 Å². The summed E-state index contributed by atoms with van der Waals surface area (Å²) >= 11 is 0.971. The Morgan fingerprint density at radius 1 is 1.14 bits per heavy atom. The number of hydrogen-bond donors (Lipinski definition) is 3. The minimum Gasteiger partial charge on any atom is -0.477 e. The Bertz CT molecular complexity index is 547. The monoisotopic (exact) mass is 310 g/mol. The molecule has 1 saturated carbocycles. The van der Waals surface area contributed by atoms with Crippen molar-refractivity contribution in [2.45, 2.75) is 31.7 Å². The van der Waals surface area contributed by atoms with Crippen LogP contribution in [0.1, 0.15) is 45.0 Å². The average Bonchev–Trinajstić information content (AvgIpc) is 2.97. The molecule has 6 nitrogen and oxygen atoms in total. The first-order valence-electron chi connectivity index (χ1n) is 6.87. The SMILES string of the molecule is CNC(=O)C1CCC(NC(=O)c2ccc(C(=O)O)s2)CC1. The number of hydrogen-bond acceptors (Lipinski definition) is 4. The van der Waals surface area contributed by atoms with Gasteiger partial charge in [0.05, 0.1) is 4.88 Å². The Kier molecular flexibility index (Phi) is 4.95. The van der Waals surface area contributed by atoms with Crippen molar-refractivity contribution in [1.29, 1.82) is 0 Å². The van der Waals surface area contributed by atoms with Crippen molar-refractivity contribution in [2.75, 3.05) is 7.05 Å². The van der Waals surface area contributed by atoms with E-state index in [1.54, 1.807) is 7.05 Å². The molecule has 21 heavy (non-hydrogen) atoms. The molecule has 0 aromatic carbocycles. The summed E-state index contributed by atoms with van der Waals surface area (Å²) in [5.74, 6) is -1.17. The predicted molar refractivity (Wildman–Crippen MR) is 78.6 cm³/mol. The molecule has 0 radical (unpaired) electrons. The minimum atomic E-state index is -1.02. The molecule has 1 aromatic rings. The van der Waals surface area contributed by atoms with E-state index in [1.165, 1.54) is 12.1 Å². The maximum Gasteiger partial charge on any atom is 0.345 e. The first kappa shape index (κ1) is 15.5. The quantitative estimate of drug-likeness (QED) is 0.785. The number of carbonyl (C=O) groups is 3. The average molecular weight is 310 g/mol. The fraction of sp³-hybridized carbons (Fsp3) is 0.500. The summed E-state index contributed by atoms with van der Waals surface area (Å²) in [4.78, 5) is 34.9. The van der Waals surface area contributed by atoms with Gasteiger partial charge in [-0.2, -0.15) is 0 Å². The maximum atomic E-state index is 12.0. The highest BCUT2D eigenvalue weighted by molar-refractivity contribution is 7.15. The van der Waals surface area contributed by atoms with Gasteiger partial charge in [-0.1, -0.05) is 0 Å². The Hall–Kier alpha value is -1.89. The first-order chi connectivity index (χ1) is 10.0. The minimum absolute atomic E-state index is 0.0310. The molecule has 2 rings (SSSR count). The van der Waals surface area contributed by atoms with Gasteiger partial charge in [-0.05, 0) is 37.8 Å². The zero-order chi connectivity index (χ0) is 15.4. The molecule has 0 spiro atoms. The third-order valence-electron chi connectivity index (χ3n) is 3.72. The third-order valence-corrected chi connectivity index (χ3v) is 4.79. The predicted octanol–water partition coefficient (Wildman–Crippen LogP) is 1.48. The van der Waals surface area contributed by atoms with E-state index >= 15 is 0 Å². The lowest BCUT2D eigenvalue weighted by Gasteiger charge is -2.27. The van der Waals surface area contributed by atoms with E-state index in [-0.39, 0.29) is 28.7 Å². The fourth-order valence-electron chi connectivity index (χ4n) is 2.54. The smallest absolute Gasteiger partial charge is 0.345 e. The molecule has 1 aliphatic rings. The Balaban J connectivity index is 1.86. The highest BCUT2D eigenvalue weighted by atomic mass is 32.1. The lowest BCUT2D eigenvalue weighted by atomic mass is 9.85. The summed E-state index contributed by atoms with van der Waals surface area (Å²) in [5.41, 5.74) is 0. The molecule has 1 fully saturated rings. The van der Waals surface area contributed by atoms with Gasteiger partial charge in [0.2, 0.25) is 5.91 Å². The number of aromatic carboxylic acids is 1. The molecule has 0 aliphatic heterocycles. The molecule has 1 heterocycles. The van der Waals surface area contributed by atoms with Crippen LogP contribution in [-0.2, 0) is 4.79 Å². The van der Waals surface area contributed by atoms with Crippen LogP contribution in [0.15, 0.2) is 12.1 Å². The number of carboxylic acid groups (broad SMARTS) is 1. The summed E-state index contributed by atoms with van der Waals surface area (Å²) in [5, 5.41) is 14.4.